The number of likely N-dealkylation sites (tertiary alicyclic amines) is 1. The van der Waals surface area contributed by atoms with Crippen LogP contribution in [0.15, 0.2) is 23.1 Å². The molecule has 22 heavy (non-hydrogen) atoms. The van der Waals surface area contributed by atoms with E-state index in [0.29, 0.717) is 29.6 Å². The van der Waals surface area contributed by atoms with E-state index in [4.69, 9.17) is 0 Å². The molecule has 0 spiro atoms. The number of pyridine rings is 2. The van der Waals surface area contributed by atoms with Gasteiger partial charge in [-0.3, -0.25) is 9.78 Å². The molecule has 4 nitrogen and oxygen atoms in total. The van der Waals surface area contributed by atoms with E-state index in [1.165, 1.54) is 12.3 Å². The summed E-state index contributed by atoms with van der Waals surface area (Å²) in [6.07, 6.45) is 6.29. The van der Waals surface area contributed by atoms with Crippen molar-refractivity contribution >= 4 is 11.0 Å². The summed E-state index contributed by atoms with van der Waals surface area (Å²) >= 11 is 0. The highest BCUT2D eigenvalue weighted by Crippen LogP contribution is 2.19. The SMILES string of the molecule is CCc1c(F)cnc2ccc(=O)n(CCN3CC[CH]CC3)c12. The summed E-state index contributed by atoms with van der Waals surface area (Å²) in [6.45, 7) is 5.36. The van der Waals surface area contributed by atoms with E-state index >= 15 is 0 Å². The van der Waals surface area contributed by atoms with Crippen molar-refractivity contribution in [3.8, 4) is 0 Å². The van der Waals surface area contributed by atoms with Gasteiger partial charge in [0, 0.05) is 24.7 Å². The van der Waals surface area contributed by atoms with E-state index in [-0.39, 0.29) is 11.4 Å². The Morgan fingerprint density at radius 2 is 2.00 bits per heavy atom. The third-order valence-electron chi connectivity index (χ3n) is 4.35. The molecule has 0 N–H and O–H groups in total. The molecule has 1 aliphatic rings. The smallest absolute Gasteiger partial charge is 0.251 e. The third-order valence-corrected chi connectivity index (χ3v) is 4.35. The van der Waals surface area contributed by atoms with Gasteiger partial charge in [-0.05, 0) is 44.8 Å². The van der Waals surface area contributed by atoms with Gasteiger partial charge >= 0.3 is 0 Å². The number of piperidine rings is 1. The van der Waals surface area contributed by atoms with Crippen molar-refractivity contribution < 1.29 is 4.39 Å². The van der Waals surface area contributed by atoms with E-state index in [9.17, 15) is 9.18 Å². The number of fused-ring (bicyclic) bond motifs is 1. The number of rotatable bonds is 4. The fourth-order valence-electron chi connectivity index (χ4n) is 3.13. The maximum atomic E-state index is 14.0. The largest absolute Gasteiger partial charge is 0.305 e. The van der Waals surface area contributed by atoms with Gasteiger partial charge < -0.3 is 9.47 Å². The predicted molar refractivity (Wildman–Crippen MR) is 85.3 cm³/mol. The lowest BCUT2D eigenvalue weighted by molar-refractivity contribution is 0.244. The molecule has 2 aromatic heterocycles. The average Bonchev–Trinajstić information content (AvgIpc) is 2.55. The number of aryl methyl sites for hydroxylation is 1. The molecule has 0 aliphatic carbocycles. The molecule has 1 aliphatic heterocycles. The van der Waals surface area contributed by atoms with E-state index in [2.05, 4.69) is 16.3 Å². The second-order valence-electron chi connectivity index (χ2n) is 5.70. The van der Waals surface area contributed by atoms with Crippen molar-refractivity contribution in [3.05, 3.63) is 46.5 Å². The maximum Gasteiger partial charge on any atom is 0.251 e. The Bertz CT molecular complexity index is 720. The zero-order valence-corrected chi connectivity index (χ0v) is 12.9. The van der Waals surface area contributed by atoms with Crippen molar-refractivity contribution in [1.29, 1.82) is 0 Å². The van der Waals surface area contributed by atoms with Crippen molar-refractivity contribution in [1.82, 2.24) is 14.5 Å². The lowest BCUT2D eigenvalue weighted by Crippen LogP contribution is -2.35. The molecule has 0 aromatic carbocycles. The molecule has 3 heterocycles. The first kappa shape index (κ1) is 15.2. The predicted octanol–water partition coefficient (Wildman–Crippen LogP) is 2.40. The minimum Gasteiger partial charge on any atom is -0.305 e. The zero-order valence-electron chi connectivity index (χ0n) is 12.9. The van der Waals surface area contributed by atoms with E-state index in [1.54, 1.807) is 10.6 Å². The van der Waals surface area contributed by atoms with Crippen LogP contribution in [0.4, 0.5) is 4.39 Å². The molecule has 2 aromatic rings. The van der Waals surface area contributed by atoms with Crippen LogP contribution in [0.2, 0.25) is 0 Å². The van der Waals surface area contributed by atoms with Crippen LogP contribution in [0.3, 0.4) is 0 Å². The standard InChI is InChI=1S/C17H21FN3O/c1-2-13-14(18)12-19-15-6-7-16(22)21(17(13)15)11-10-20-8-4-3-5-9-20/h3,6-7,12H,2,4-5,8-11H2,1H3. The fourth-order valence-corrected chi connectivity index (χ4v) is 3.13. The maximum absolute atomic E-state index is 14.0. The second-order valence-corrected chi connectivity index (χ2v) is 5.70. The number of halogens is 1. The van der Waals surface area contributed by atoms with Crippen LogP contribution in [0.5, 0.6) is 0 Å². The van der Waals surface area contributed by atoms with E-state index in [1.807, 2.05) is 6.92 Å². The Morgan fingerprint density at radius 3 is 2.73 bits per heavy atom. The summed E-state index contributed by atoms with van der Waals surface area (Å²) < 4.78 is 15.7. The first-order chi connectivity index (χ1) is 10.7. The molecule has 1 radical (unpaired) electrons. The van der Waals surface area contributed by atoms with Gasteiger partial charge in [-0.15, -0.1) is 0 Å². The van der Waals surface area contributed by atoms with Crippen molar-refractivity contribution in [2.75, 3.05) is 19.6 Å². The average molecular weight is 302 g/mol. The number of aromatic nitrogens is 2. The van der Waals surface area contributed by atoms with Gasteiger partial charge in [0.2, 0.25) is 0 Å². The summed E-state index contributed by atoms with van der Waals surface area (Å²) in [5.41, 5.74) is 1.83. The van der Waals surface area contributed by atoms with Gasteiger partial charge in [-0.1, -0.05) is 6.92 Å². The van der Waals surface area contributed by atoms with Gasteiger partial charge in [0.25, 0.3) is 5.56 Å². The molecule has 117 valence electrons. The minimum absolute atomic E-state index is 0.0850. The molecular weight excluding hydrogens is 281 g/mol. The summed E-state index contributed by atoms with van der Waals surface area (Å²) in [6, 6.07) is 3.21. The second kappa shape index (κ2) is 6.57. The highest BCUT2D eigenvalue weighted by molar-refractivity contribution is 5.78. The molecule has 0 amide bonds. The van der Waals surface area contributed by atoms with Crippen molar-refractivity contribution in [2.24, 2.45) is 0 Å². The molecule has 0 bridgehead atoms. The Labute approximate surface area is 129 Å². The first-order valence-electron chi connectivity index (χ1n) is 7.91. The zero-order chi connectivity index (χ0) is 15.5. The molecular formula is C17H21FN3O. The third kappa shape index (κ3) is 2.90. The van der Waals surface area contributed by atoms with Crippen molar-refractivity contribution in [3.63, 3.8) is 0 Å². The van der Waals surface area contributed by atoms with Crippen LogP contribution in [0, 0.1) is 12.2 Å². The fraction of sp³-hybridized carbons (Fsp3) is 0.471. The molecule has 0 atom stereocenters. The molecule has 0 saturated carbocycles. The van der Waals surface area contributed by atoms with Gasteiger partial charge in [0.1, 0.15) is 5.82 Å². The van der Waals surface area contributed by atoms with E-state index < -0.39 is 0 Å². The number of hydrogen-bond acceptors (Lipinski definition) is 3. The highest BCUT2D eigenvalue weighted by atomic mass is 19.1. The van der Waals surface area contributed by atoms with Crippen LogP contribution in [-0.2, 0) is 13.0 Å². The van der Waals surface area contributed by atoms with Gasteiger partial charge in [0.05, 0.1) is 17.2 Å². The monoisotopic (exact) mass is 302 g/mol. The van der Waals surface area contributed by atoms with Crippen LogP contribution < -0.4 is 5.56 Å². The van der Waals surface area contributed by atoms with Crippen LogP contribution >= 0.6 is 0 Å². The number of nitrogens with zero attached hydrogens (tertiary/aromatic N) is 3. The van der Waals surface area contributed by atoms with Gasteiger partial charge in [-0.25, -0.2) is 4.39 Å². The van der Waals surface area contributed by atoms with Gasteiger partial charge in [-0.2, -0.15) is 0 Å². The van der Waals surface area contributed by atoms with Gasteiger partial charge in [0.15, 0.2) is 0 Å². The Balaban J connectivity index is 1.98. The first-order valence-corrected chi connectivity index (χ1v) is 7.91. The lowest BCUT2D eigenvalue weighted by Gasteiger charge is -2.26. The Hall–Kier alpha value is -1.75. The summed E-state index contributed by atoms with van der Waals surface area (Å²) in [4.78, 5) is 18.8. The molecule has 5 heteroatoms. The normalized spacial score (nSPS) is 16.3. The highest BCUT2D eigenvalue weighted by Gasteiger charge is 2.14. The topological polar surface area (TPSA) is 38.1 Å². The molecule has 0 unspecified atom stereocenters. The van der Waals surface area contributed by atoms with E-state index in [0.717, 1.165) is 32.5 Å². The number of hydrogen-bond donors (Lipinski definition) is 0. The molecule has 3 rings (SSSR count). The summed E-state index contributed by atoms with van der Waals surface area (Å²) in [5.74, 6) is -0.332. The van der Waals surface area contributed by atoms with Crippen LogP contribution in [-0.4, -0.2) is 34.1 Å². The Morgan fingerprint density at radius 1 is 1.23 bits per heavy atom. The Kier molecular flexibility index (Phi) is 4.52. The summed E-state index contributed by atoms with van der Waals surface area (Å²) in [5, 5.41) is 0. The minimum atomic E-state index is -0.332. The molecule has 1 fully saturated rings. The quantitative estimate of drug-likeness (QED) is 0.870. The lowest BCUT2D eigenvalue weighted by atomic mass is 10.1. The van der Waals surface area contributed by atoms with Crippen molar-refractivity contribution in [2.45, 2.75) is 32.7 Å². The van der Waals surface area contributed by atoms with Crippen LogP contribution in [0.1, 0.15) is 25.3 Å². The molecule has 1 saturated heterocycles. The van der Waals surface area contributed by atoms with Crippen LogP contribution in [0.25, 0.3) is 11.0 Å². The summed E-state index contributed by atoms with van der Waals surface area (Å²) in [7, 11) is 0.